The summed E-state index contributed by atoms with van der Waals surface area (Å²) in [6.45, 7) is 11.9. The van der Waals surface area contributed by atoms with E-state index in [1.165, 1.54) is 16.7 Å². The van der Waals surface area contributed by atoms with Crippen LogP contribution < -0.4 is 20.7 Å². The first-order chi connectivity index (χ1) is 23.4. The van der Waals surface area contributed by atoms with Gasteiger partial charge in [-0.2, -0.15) is 0 Å². The zero-order chi connectivity index (χ0) is 37.2. The zero-order valence-electron chi connectivity index (χ0n) is 29.7. The summed E-state index contributed by atoms with van der Waals surface area (Å²) < 4.78 is 11.0. The Bertz CT molecular complexity index is 1540. The van der Waals surface area contributed by atoms with Crippen molar-refractivity contribution in [3.8, 4) is 5.75 Å². The van der Waals surface area contributed by atoms with Crippen molar-refractivity contribution < 1.29 is 43.3 Å². The number of esters is 1. The van der Waals surface area contributed by atoms with E-state index in [2.05, 4.69) is 16.0 Å². The van der Waals surface area contributed by atoms with Gasteiger partial charge in [-0.15, -0.1) is 11.8 Å². The van der Waals surface area contributed by atoms with Crippen LogP contribution in [-0.2, 0) is 39.9 Å². The van der Waals surface area contributed by atoms with Gasteiger partial charge in [-0.25, -0.2) is 0 Å². The normalized spacial score (nSPS) is 16.5. The number of para-hydroxylation sites is 1. The third kappa shape index (κ3) is 11.8. The van der Waals surface area contributed by atoms with Crippen LogP contribution in [-0.4, -0.2) is 93.1 Å². The van der Waals surface area contributed by atoms with Crippen molar-refractivity contribution in [1.82, 2.24) is 20.9 Å². The summed E-state index contributed by atoms with van der Waals surface area (Å²) in [5, 5.41) is 16.8. The summed E-state index contributed by atoms with van der Waals surface area (Å²) in [6, 6.07) is 12.6. The maximum atomic E-state index is 14.6. The number of hydrogen-bond acceptors (Lipinski definition) is 9. The number of carbonyl (C=O) groups excluding carboxylic acids is 5. The van der Waals surface area contributed by atoms with Crippen molar-refractivity contribution in [3.05, 3.63) is 65.2 Å². The number of rotatable bonds is 15. The van der Waals surface area contributed by atoms with Gasteiger partial charge in [0.05, 0.1) is 18.3 Å². The van der Waals surface area contributed by atoms with Crippen LogP contribution in [0.1, 0.15) is 64.2 Å². The van der Waals surface area contributed by atoms with Gasteiger partial charge in [0.2, 0.25) is 17.9 Å². The fourth-order valence-corrected chi connectivity index (χ4v) is 6.65. The smallest absolute Gasteiger partial charge is 0.322 e. The maximum absolute atomic E-state index is 14.6. The van der Waals surface area contributed by atoms with Crippen molar-refractivity contribution in [2.45, 2.75) is 96.2 Å². The number of nitrogens with one attached hydrogen (secondary N) is 3. The summed E-state index contributed by atoms with van der Waals surface area (Å²) in [5.74, 6) is -3.86. The van der Waals surface area contributed by atoms with Crippen molar-refractivity contribution in [2.75, 3.05) is 19.0 Å². The molecule has 0 aliphatic carbocycles. The Morgan fingerprint density at radius 2 is 1.60 bits per heavy atom. The van der Waals surface area contributed by atoms with Crippen molar-refractivity contribution in [2.24, 2.45) is 0 Å². The van der Waals surface area contributed by atoms with Crippen LogP contribution in [0.15, 0.2) is 48.5 Å². The molecule has 2 aromatic carbocycles. The van der Waals surface area contributed by atoms with Gasteiger partial charge in [-0.05, 0) is 71.6 Å². The topological polar surface area (TPSA) is 180 Å². The molecule has 1 aliphatic heterocycles. The Kier molecular flexibility index (Phi) is 13.8. The summed E-state index contributed by atoms with van der Waals surface area (Å²) in [4.78, 5) is 79.3. The Labute approximate surface area is 297 Å². The number of nitrogens with zero attached hydrogens (tertiary/aromatic N) is 1. The van der Waals surface area contributed by atoms with Gasteiger partial charge < -0.3 is 35.4 Å². The van der Waals surface area contributed by atoms with E-state index in [-0.39, 0.29) is 18.2 Å². The molecule has 3 rings (SSSR count). The molecule has 1 saturated heterocycles. The monoisotopic (exact) mass is 712 g/mol. The molecule has 0 aromatic heterocycles. The predicted molar refractivity (Wildman–Crippen MR) is 188 cm³/mol. The molecule has 1 fully saturated rings. The number of carboxylic acids is 1. The standard InChI is InChI=1S/C36H48N4O9S/c1-22-12-11-13-23(2)30(22)48-20-27(42)38-25(18-24-14-9-8-10-15-24)31(49-29(45)17-16-26(41)37-19-28(43)44)34(47)40-21-50-36(6,7)32(40)33(46)39-35(3,4)5/h8-15,25,31-32H,16-21H2,1-7H3,(H,37,41)(H,38,42)(H,39,46)(H,43,44)/t25-,31-,32?/m0/s1. The summed E-state index contributed by atoms with van der Waals surface area (Å²) >= 11 is 1.39. The fourth-order valence-electron chi connectivity index (χ4n) is 5.51. The fraction of sp³-hybridized carbons (Fsp3) is 0.500. The SMILES string of the molecule is Cc1cccc(C)c1OCC(=O)N[C@@H](Cc1ccccc1)[C@H](OC(=O)CCC(=O)NCC(=O)O)C(=O)N1CSC(C)(C)C1C(=O)NC(C)(C)C. The second-order valence-electron chi connectivity index (χ2n) is 13.8. The number of amides is 4. The number of carbonyl (C=O) groups is 6. The first kappa shape index (κ1) is 39.8. The molecule has 0 spiro atoms. The lowest BCUT2D eigenvalue weighted by molar-refractivity contribution is -0.164. The number of thioether (sulfide) groups is 1. The lowest BCUT2D eigenvalue weighted by Crippen LogP contribution is -2.61. The highest BCUT2D eigenvalue weighted by Crippen LogP contribution is 2.40. The molecular weight excluding hydrogens is 664 g/mol. The van der Waals surface area contributed by atoms with Crippen LogP contribution in [0.2, 0.25) is 0 Å². The van der Waals surface area contributed by atoms with Crippen LogP contribution in [0.3, 0.4) is 0 Å². The van der Waals surface area contributed by atoms with Gasteiger partial charge in [0, 0.05) is 16.7 Å². The highest BCUT2D eigenvalue weighted by molar-refractivity contribution is 8.00. The van der Waals surface area contributed by atoms with E-state index >= 15 is 0 Å². The second-order valence-corrected chi connectivity index (χ2v) is 15.4. The molecule has 13 nitrogen and oxygen atoms in total. The minimum atomic E-state index is -1.60. The van der Waals surface area contributed by atoms with Gasteiger partial charge in [0.1, 0.15) is 18.3 Å². The molecule has 272 valence electrons. The van der Waals surface area contributed by atoms with Crippen LogP contribution >= 0.6 is 11.8 Å². The third-order valence-electron chi connectivity index (χ3n) is 7.84. The number of carboxylic acid groups (broad SMARTS) is 1. The van der Waals surface area contributed by atoms with Crippen LogP contribution in [0.5, 0.6) is 5.75 Å². The maximum Gasteiger partial charge on any atom is 0.322 e. The predicted octanol–water partition coefficient (Wildman–Crippen LogP) is 2.90. The van der Waals surface area contributed by atoms with E-state index in [1.807, 2.05) is 72.7 Å². The molecular formula is C36H48N4O9S. The zero-order valence-corrected chi connectivity index (χ0v) is 30.5. The molecule has 4 amide bonds. The number of benzene rings is 2. The molecule has 1 unspecified atom stereocenters. The van der Waals surface area contributed by atoms with Gasteiger partial charge in [-0.3, -0.25) is 28.8 Å². The van der Waals surface area contributed by atoms with Crippen molar-refractivity contribution in [1.29, 1.82) is 0 Å². The molecule has 50 heavy (non-hydrogen) atoms. The van der Waals surface area contributed by atoms with Crippen LogP contribution in [0.4, 0.5) is 0 Å². The van der Waals surface area contributed by atoms with E-state index in [4.69, 9.17) is 14.6 Å². The summed E-state index contributed by atoms with van der Waals surface area (Å²) in [5.41, 5.74) is 1.80. The molecule has 0 radical (unpaired) electrons. The second kappa shape index (κ2) is 17.4. The molecule has 2 aromatic rings. The van der Waals surface area contributed by atoms with Gasteiger partial charge in [-0.1, -0.05) is 48.5 Å². The summed E-state index contributed by atoms with van der Waals surface area (Å²) in [6.07, 6.45) is -2.39. The van der Waals surface area contributed by atoms with Gasteiger partial charge in [0.25, 0.3) is 11.8 Å². The quantitative estimate of drug-likeness (QED) is 0.201. The van der Waals surface area contributed by atoms with Crippen LogP contribution in [0, 0.1) is 13.8 Å². The molecule has 14 heteroatoms. The Hall–Kier alpha value is -4.59. The minimum Gasteiger partial charge on any atom is -0.483 e. The Morgan fingerprint density at radius 3 is 2.20 bits per heavy atom. The van der Waals surface area contributed by atoms with E-state index in [0.717, 1.165) is 16.7 Å². The molecule has 1 heterocycles. The molecule has 3 atom stereocenters. The van der Waals surface area contributed by atoms with E-state index < -0.39 is 84.1 Å². The lowest BCUT2D eigenvalue weighted by atomic mass is 9.96. The first-order valence-corrected chi connectivity index (χ1v) is 17.3. The molecule has 4 N–H and O–H groups in total. The number of hydrogen-bond donors (Lipinski definition) is 4. The van der Waals surface area contributed by atoms with Crippen molar-refractivity contribution in [3.63, 3.8) is 0 Å². The Balaban J connectivity index is 1.97. The first-order valence-electron chi connectivity index (χ1n) is 16.3. The van der Waals surface area contributed by atoms with Gasteiger partial charge in [0.15, 0.2) is 6.61 Å². The average Bonchev–Trinajstić information content (AvgIpc) is 3.35. The van der Waals surface area contributed by atoms with Crippen LogP contribution in [0.25, 0.3) is 0 Å². The van der Waals surface area contributed by atoms with E-state index in [9.17, 15) is 28.8 Å². The number of aryl methyl sites for hydroxylation is 2. The highest BCUT2D eigenvalue weighted by atomic mass is 32.2. The highest BCUT2D eigenvalue weighted by Gasteiger charge is 2.51. The third-order valence-corrected chi connectivity index (χ3v) is 9.21. The molecule has 0 saturated carbocycles. The lowest BCUT2D eigenvalue weighted by Gasteiger charge is -2.36. The van der Waals surface area contributed by atoms with E-state index in [0.29, 0.717) is 5.75 Å². The number of ether oxygens (including phenoxy) is 2. The Morgan fingerprint density at radius 1 is 0.960 bits per heavy atom. The largest absolute Gasteiger partial charge is 0.483 e. The minimum absolute atomic E-state index is 0.0714. The van der Waals surface area contributed by atoms with E-state index in [1.54, 1.807) is 24.3 Å². The summed E-state index contributed by atoms with van der Waals surface area (Å²) in [7, 11) is 0. The average molecular weight is 713 g/mol. The molecule has 0 bridgehead atoms. The van der Waals surface area contributed by atoms with Crippen molar-refractivity contribution >= 4 is 47.3 Å². The number of aliphatic carboxylic acids is 1. The van der Waals surface area contributed by atoms with Gasteiger partial charge >= 0.3 is 11.9 Å². The molecule has 1 aliphatic rings.